The van der Waals surface area contributed by atoms with Crippen molar-refractivity contribution >= 4 is 23.2 Å². The van der Waals surface area contributed by atoms with E-state index in [1.807, 2.05) is 17.5 Å². The Bertz CT molecular complexity index is 714. The number of aliphatic carboxylic acids is 1. The van der Waals surface area contributed by atoms with Crippen molar-refractivity contribution in [3.63, 3.8) is 0 Å². The number of amides is 1. The molecule has 0 saturated carbocycles. The van der Waals surface area contributed by atoms with Crippen LogP contribution in [0.1, 0.15) is 24.3 Å². The molecule has 0 aliphatic rings. The average molecular weight is 391 g/mol. The molecule has 7 heteroatoms. The Labute approximate surface area is 163 Å². The zero-order valence-electron chi connectivity index (χ0n) is 15.5. The molecule has 1 heterocycles. The van der Waals surface area contributed by atoms with Crippen molar-refractivity contribution in [3.05, 3.63) is 52.2 Å². The van der Waals surface area contributed by atoms with E-state index in [0.717, 1.165) is 12.0 Å². The maximum absolute atomic E-state index is 12.1. The van der Waals surface area contributed by atoms with Crippen LogP contribution in [0.25, 0.3) is 0 Å². The molecule has 0 saturated heterocycles. The van der Waals surface area contributed by atoms with E-state index in [1.165, 1.54) is 4.88 Å². The fourth-order valence-electron chi connectivity index (χ4n) is 2.50. The van der Waals surface area contributed by atoms with Crippen LogP contribution in [0.2, 0.25) is 0 Å². The van der Waals surface area contributed by atoms with Crippen LogP contribution in [0.15, 0.2) is 41.8 Å². The molecule has 27 heavy (non-hydrogen) atoms. The summed E-state index contributed by atoms with van der Waals surface area (Å²) in [5.41, 5.74) is 0.830. The lowest BCUT2D eigenvalue weighted by Gasteiger charge is -2.16. The van der Waals surface area contributed by atoms with Crippen LogP contribution >= 0.6 is 11.3 Å². The Morgan fingerprint density at radius 2 is 1.96 bits per heavy atom. The monoisotopic (exact) mass is 391 g/mol. The van der Waals surface area contributed by atoms with Crippen LogP contribution in [0, 0.1) is 0 Å². The lowest BCUT2D eigenvalue weighted by Crippen LogP contribution is -2.37. The molecule has 6 nitrogen and oxygen atoms in total. The Morgan fingerprint density at radius 1 is 1.22 bits per heavy atom. The van der Waals surface area contributed by atoms with E-state index in [4.69, 9.17) is 14.6 Å². The molecule has 1 amide bonds. The van der Waals surface area contributed by atoms with Crippen molar-refractivity contribution < 1.29 is 24.2 Å². The maximum Gasteiger partial charge on any atom is 0.333 e. The number of rotatable bonds is 11. The van der Waals surface area contributed by atoms with Crippen molar-refractivity contribution in [1.29, 1.82) is 0 Å². The maximum atomic E-state index is 12.1. The summed E-state index contributed by atoms with van der Waals surface area (Å²) >= 11 is 1.67. The first-order valence-corrected chi connectivity index (χ1v) is 9.77. The van der Waals surface area contributed by atoms with Gasteiger partial charge in [0, 0.05) is 24.4 Å². The van der Waals surface area contributed by atoms with E-state index in [1.54, 1.807) is 49.4 Å². The zero-order valence-corrected chi connectivity index (χ0v) is 16.3. The average Bonchev–Trinajstić information content (AvgIpc) is 3.16. The second-order valence-electron chi connectivity index (χ2n) is 6.01. The van der Waals surface area contributed by atoms with Crippen molar-refractivity contribution in [2.24, 2.45) is 0 Å². The SMILES string of the molecule is CCO[C@@H](Cc1ccc(O[C@H](C)C(=O)NCCc2cccs2)cc1)C(=O)O. The van der Waals surface area contributed by atoms with Gasteiger partial charge in [0.05, 0.1) is 0 Å². The summed E-state index contributed by atoms with van der Waals surface area (Å²) in [5.74, 6) is -0.592. The highest BCUT2D eigenvalue weighted by Gasteiger charge is 2.18. The third-order valence-electron chi connectivity index (χ3n) is 3.92. The van der Waals surface area contributed by atoms with E-state index in [9.17, 15) is 9.59 Å². The number of carboxylic acids is 1. The molecule has 2 atom stereocenters. The number of hydrogen-bond donors (Lipinski definition) is 2. The number of carbonyl (C=O) groups excluding carboxylic acids is 1. The quantitative estimate of drug-likeness (QED) is 0.615. The molecule has 2 rings (SSSR count). The molecule has 0 radical (unpaired) electrons. The molecular formula is C20H25NO5S. The number of thiophene rings is 1. The van der Waals surface area contributed by atoms with Gasteiger partial charge in [0.1, 0.15) is 5.75 Å². The van der Waals surface area contributed by atoms with Crippen molar-refractivity contribution in [2.75, 3.05) is 13.2 Å². The highest BCUT2D eigenvalue weighted by Crippen LogP contribution is 2.16. The minimum absolute atomic E-state index is 0.169. The van der Waals surface area contributed by atoms with Crippen LogP contribution in [0.5, 0.6) is 5.75 Å². The van der Waals surface area contributed by atoms with Gasteiger partial charge < -0.3 is 19.9 Å². The topological polar surface area (TPSA) is 84.9 Å². The van der Waals surface area contributed by atoms with Gasteiger partial charge in [-0.1, -0.05) is 18.2 Å². The number of hydrogen-bond acceptors (Lipinski definition) is 5. The minimum atomic E-state index is -0.981. The van der Waals surface area contributed by atoms with Gasteiger partial charge in [-0.15, -0.1) is 11.3 Å². The predicted octanol–water partition coefficient (Wildman–Crippen LogP) is 2.91. The first kappa shape index (κ1) is 20.9. The van der Waals surface area contributed by atoms with Gasteiger partial charge >= 0.3 is 5.97 Å². The molecule has 0 aliphatic heterocycles. The van der Waals surface area contributed by atoms with Crippen LogP contribution in [0.3, 0.4) is 0 Å². The van der Waals surface area contributed by atoms with Crippen molar-refractivity contribution in [1.82, 2.24) is 5.32 Å². The van der Waals surface area contributed by atoms with E-state index in [0.29, 0.717) is 18.9 Å². The van der Waals surface area contributed by atoms with E-state index >= 15 is 0 Å². The molecule has 0 unspecified atom stereocenters. The standard InChI is InChI=1S/C20H25NO5S/c1-3-25-18(20(23)24)13-15-6-8-16(9-7-15)26-14(2)19(22)21-11-10-17-5-4-12-27-17/h4-9,12,14,18H,3,10-11,13H2,1-2H3,(H,21,22)(H,23,24)/t14-,18+/m1/s1. The van der Waals surface area contributed by atoms with Crippen LogP contribution in [0.4, 0.5) is 0 Å². The Morgan fingerprint density at radius 3 is 2.56 bits per heavy atom. The Hall–Kier alpha value is -2.38. The molecule has 1 aromatic carbocycles. The molecule has 146 valence electrons. The van der Waals surface area contributed by atoms with Crippen molar-refractivity contribution in [2.45, 2.75) is 38.9 Å². The zero-order chi connectivity index (χ0) is 19.6. The molecule has 0 aliphatic carbocycles. The van der Waals surface area contributed by atoms with Gasteiger partial charge in [-0.25, -0.2) is 4.79 Å². The number of benzene rings is 1. The summed E-state index contributed by atoms with van der Waals surface area (Å²) in [5, 5.41) is 14.0. The van der Waals surface area contributed by atoms with E-state index in [-0.39, 0.29) is 12.3 Å². The lowest BCUT2D eigenvalue weighted by molar-refractivity contribution is -0.150. The number of nitrogens with one attached hydrogen (secondary N) is 1. The second kappa shape index (κ2) is 10.7. The summed E-state index contributed by atoms with van der Waals surface area (Å²) in [7, 11) is 0. The van der Waals surface area contributed by atoms with Crippen LogP contribution in [-0.2, 0) is 27.2 Å². The first-order valence-electron chi connectivity index (χ1n) is 8.89. The third-order valence-corrected chi connectivity index (χ3v) is 4.86. The molecule has 2 aromatic rings. The van der Waals surface area contributed by atoms with E-state index in [2.05, 4.69) is 5.32 Å². The Balaban J connectivity index is 1.80. The van der Waals surface area contributed by atoms with Crippen LogP contribution < -0.4 is 10.1 Å². The van der Waals surface area contributed by atoms with Gasteiger partial charge in [0.2, 0.25) is 0 Å². The summed E-state index contributed by atoms with van der Waals surface area (Å²) in [6.45, 7) is 4.38. The number of carbonyl (C=O) groups is 2. The third kappa shape index (κ3) is 7.03. The predicted molar refractivity (Wildman–Crippen MR) is 104 cm³/mol. The van der Waals surface area contributed by atoms with E-state index < -0.39 is 18.2 Å². The number of ether oxygens (including phenoxy) is 2. The molecule has 0 bridgehead atoms. The van der Waals surface area contributed by atoms with Crippen LogP contribution in [-0.4, -0.2) is 42.3 Å². The minimum Gasteiger partial charge on any atom is -0.481 e. The highest BCUT2D eigenvalue weighted by atomic mass is 32.1. The van der Waals surface area contributed by atoms with Gasteiger partial charge in [-0.05, 0) is 49.4 Å². The lowest BCUT2D eigenvalue weighted by atomic mass is 10.1. The Kier molecular flexibility index (Phi) is 8.29. The molecule has 1 aromatic heterocycles. The highest BCUT2D eigenvalue weighted by molar-refractivity contribution is 7.09. The second-order valence-corrected chi connectivity index (χ2v) is 7.04. The fraction of sp³-hybridized carbons (Fsp3) is 0.400. The fourth-order valence-corrected chi connectivity index (χ4v) is 3.21. The van der Waals surface area contributed by atoms with Gasteiger partial charge in [-0.2, -0.15) is 0 Å². The summed E-state index contributed by atoms with van der Waals surface area (Å²) < 4.78 is 10.9. The van der Waals surface area contributed by atoms with Gasteiger partial charge in [-0.3, -0.25) is 4.79 Å². The first-order chi connectivity index (χ1) is 13.0. The summed E-state index contributed by atoms with van der Waals surface area (Å²) in [6.07, 6.45) is -0.401. The summed E-state index contributed by atoms with van der Waals surface area (Å²) in [4.78, 5) is 24.5. The van der Waals surface area contributed by atoms with Gasteiger partial charge in [0.15, 0.2) is 12.2 Å². The number of carboxylic acid groups (broad SMARTS) is 1. The molecule has 0 spiro atoms. The molecule has 2 N–H and O–H groups in total. The normalized spacial score (nSPS) is 13.0. The molecular weight excluding hydrogens is 366 g/mol. The smallest absolute Gasteiger partial charge is 0.333 e. The molecule has 0 fully saturated rings. The summed E-state index contributed by atoms with van der Waals surface area (Å²) in [6, 6.07) is 11.1. The largest absolute Gasteiger partial charge is 0.481 e. The van der Waals surface area contributed by atoms with Crippen molar-refractivity contribution in [3.8, 4) is 5.75 Å². The van der Waals surface area contributed by atoms with Gasteiger partial charge in [0.25, 0.3) is 5.91 Å².